The first-order valence-electron chi connectivity index (χ1n) is 7.13. The van der Waals surface area contributed by atoms with Gasteiger partial charge in [0.15, 0.2) is 0 Å². The monoisotopic (exact) mass is 281 g/mol. The second-order valence-electron chi connectivity index (χ2n) is 5.11. The summed E-state index contributed by atoms with van der Waals surface area (Å²) in [6.45, 7) is 2.77. The van der Waals surface area contributed by atoms with E-state index in [9.17, 15) is 5.11 Å². The van der Waals surface area contributed by atoms with Crippen LogP contribution in [-0.4, -0.2) is 28.2 Å². The van der Waals surface area contributed by atoms with Gasteiger partial charge in [-0.1, -0.05) is 6.92 Å². The summed E-state index contributed by atoms with van der Waals surface area (Å²) in [4.78, 5) is 4.16. The standard InChI is InChI=1S/C15H23NO2S/c1-2-5-18-14-9-13(10-16-11-14)15(17)8-12-3-6-19-7-4-12/h9-12,15,17H,2-8H2,1H3. The fraction of sp³-hybridized carbons (Fsp3) is 0.667. The highest BCUT2D eigenvalue weighted by Crippen LogP contribution is 2.31. The molecular formula is C15H23NO2S. The Labute approximate surface area is 119 Å². The van der Waals surface area contributed by atoms with Gasteiger partial charge in [-0.2, -0.15) is 11.8 Å². The summed E-state index contributed by atoms with van der Waals surface area (Å²) in [7, 11) is 0. The van der Waals surface area contributed by atoms with Crippen molar-refractivity contribution in [2.45, 2.75) is 38.7 Å². The van der Waals surface area contributed by atoms with Crippen LogP contribution in [0.2, 0.25) is 0 Å². The SMILES string of the molecule is CCCOc1cncc(C(O)CC2CCSCC2)c1. The Kier molecular flexibility index (Phi) is 5.98. The average molecular weight is 281 g/mol. The smallest absolute Gasteiger partial charge is 0.137 e. The van der Waals surface area contributed by atoms with E-state index in [0.29, 0.717) is 12.5 Å². The summed E-state index contributed by atoms with van der Waals surface area (Å²) >= 11 is 2.02. The van der Waals surface area contributed by atoms with Crippen molar-refractivity contribution in [3.63, 3.8) is 0 Å². The summed E-state index contributed by atoms with van der Waals surface area (Å²) in [5, 5.41) is 10.3. The number of aliphatic hydroxyl groups excluding tert-OH is 1. The number of aromatic nitrogens is 1. The summed E-state index contributed by atoms with van der Waals surface area (Å²) in [5.74, 6) is 3.87. The third-order valence-corrected chi connectivity index (χ3v) is 4.54. The molecule has 0 spiro atoms. The normalized spacial score (nSPS) is 18.2. The van der Waals surface area contributed by atoms with Crippen molar-refractivity contribution in [1.82, 2.24) is 4.98 Å². The van der Waals surface area contributed by atoms with Gasteiger partial charge in [0.2, 0.25) is 0 Å². The van der Waals surface area contributed by atoms with Gasteiger partial charge < -0.3 is 9.84 Å². The number of aliphatic hydroxyl groups is 1. The zero-order valence-corrected chi connectivity index (χ0v) is 12.4. The van der Waals surface area contributed by atoms with Gasteiger partial charge in [-0.25, -0.2) is 0 Å². The molecule has 1 fully saturated rings. The van der Waals surface area contributed by atoms with Crippen LogP contribution in [0.4, 0.5) is 0 Å². The van der Waals surface area contributed by atoms with Gasteiger partial charge in [-0.3, -0.25) is 4.98 Å². The van der Waals surface area contributed by atoms with Crippen molar-refractivity contribution in [1.29, 1.82) is 0 Å². The maximum absolute atomic E-state index is 10.3. The summed E-state index contributed by atoms with van der Waals surface area (Å²) < 4.78 is 5.56. The topological polar surface area (TPSA) is 42.4 Å². The molecule has 0 radical (unpaired) electrons. The fourth-order valence-corrected chi connectivity index (χ4v) is 3.55. The van der Waals surface area contributed by atoms with Gasteiger partial charge in [0.1, 0.15) is 5.75 Å². The molecule has 0 saturated carbocycles. The maximum atomic E-state index is 10.3. The Morgan fingerprint density at radius 1 is 1.42 bits per heavy atom. The number of rotatable bonds is 6. The molecule has 0 aromatic carbocycles. The van der Waals surface area contributed by atoms with Gasteiger partial charge in [0, 0.05) is 11.8 Å². The molecule has 0 aliphatic carbocycles. The van der Waals surface area contributed by atoms with Crippen LogP contribution >= 0.6 is 11.8 Å². The lowest BCUT2D eigenvalue weighted by atomic mass is 9.93. The van der Waals surface area contributed by atoms with Crippen LogP contribution in [0.1, 0.15) is 44.3 Å². The Morgan fingerprint density at radius 2 is 2.21 bits per heavy atom. The molecule has 2 heterocycles. The lowest BCUT2D eigenvalue weighted by Gasteiger charge is -2.23. The largest absolute Gasteiger partial charge is 0.492 e. The predicted molar refractivity (Wildman–Crippen MR) is 79.6 cm³/mol. The molecule has 1 aliphatic heterocycles. The molecule has 4 heteroatoms. The quantitative estimate of drug-likeness (QED) is 0.867. The second kappa shape index (κ2) is 7.75. The lowest BCUT2D eigenvalue weighted by Crippen LogP contribution is -2.13. The predicted octanol–water partition coefficient (Wildman–Crippen LogP) is 3.44. The highest BCUT2D eigenvalue weighted by atomic mass is 32.2. The number of hydrogen-bond donors (Lipinski definition) is 1. The molecule has 0 amide bonds. The Bertz CT molecular complexity index is 380. The highest BCUT2D eigenvalue weighted by molar-refractivity contribution is 7.99. The minimum atomic E-state index is -0.411. The molecular weight excluding hydrogens is 258 g/mol. The molecule has 1 saturated heterocycles. The third-order valence-electron chi connectivity index (χ3n) is 3.49. The number of thioether (sulfide) groups is 1. The van der Waals surface area contributed by atoms with Crippen LogP contribution in [-0.2, 0) is 0 Å². The van der Waals surface area contributed by atoms with Crippen LogP contribution in [0.5, 0.6) is 5.75 Å². The molecule has 1 unspecified atom stereocenters. The van der Waals surface area contributed by atoms with E-state index in [1.807, 2.05) is 17.8 Å². The lowest BCUT2D eigenvalue weighted by molar-refractivity contribution is 0.140. The van der Waals surface area contributed by atoms with Crippen molar-refractivity contribution in [3.05, 3.63) is 24.0 Å². The van der Waals surface area contributed by atoms with Crippen LogP contribution in [0.3, 0.4) is 0 Å². The van der Waals surface area contributed by atoms with E-state index in [2.05, 4.69) is 11.9 Å². The molecule has 1 atom stereocenters. The van der Waals surface area contributed by atoms with Gasteiger partial charge in [-0.05, 0) is 49.2 Å². The molecule has 106 valence electrons. The van der Waals surface area contributed by atoms with Crippen LogP contribution in [0.25, 0.3) is 0 Å². The second-order valence-corrected chi connectivity index (χ2v) is 6.33. The number of hydrogen-bond acceptors (Lipinski definition) is 4. The van der Waals surface area contributed by atoms with E-state index in [1.165, 1.54) is 24.3 Å². The number of nitrogens with zero attached hydrogens (tertiary/aromatic N) is 1. The maximum Gasteiger partial charge on any atom is 0.137 e. The van der Waals surface area contributed by atoms with Gasteiger partial charge in [0.05, 0.1) is 18.9 Å². The third kappa shape index (κ3) is 4.69. The first-order valence-corrected chi connectivity index (χ1v) is 8.28. The molecule has 1 aromatic rings. The van der Waals surface area contributed by atoms with Crippen LogP contribution < -0.4 is 4.74 Å². The zero-order chi connectivity index (χ0) is 13.5. The van der Waals surface area contributed by atoms with Gasteiger partial charge in [0.25, 0.3) is 0 Å². The molecule has 3 nitrogen and oxygen atoms in total. The van der Waals surface area contributed by atoms with E-state index in [0.717, 1.165) is 24.2 Å². The first-order chi connectivity index (χ1) is 9.29. The summed E-state index contributed by atoms with van der Waals surface area (Å²) in [6, 6.07) is 1.92. The van der Waals surface area contributed by atoms with E-state index in [4.69, 9.17) is 4.74 Å². The molecule has 1 aromatic heterocycles. The molecule has 0 bridgehead atoms. The summed E-state index contributed by atoms with van der Waals surface area (Å²) in [6.07, 6.45) is 7.32. The molecule has 1 aliphatic rings. The fourth-order valence-electron chi connectivity index (χ4n) is 2.35. The zero-order valence-electron chi connectivity index (χ0n) is 11.5. The van der Waals surface area contributed by atoms with E-state index in [1.54, 1.807) is 12.4 Å². The van der Waals surface area contributed by atoms with Crippen LogP contribution in [0.15, 0.2) is 18.5 Å². The van der Waals surface area contributed by atoms with E-state index < -0.39 is 6.10 Å². The van der Waals surface area contributed by atoms with E-state index in [-0.39, 0.29) is 0 Å². The summed E-state index contributed by atoms with van der Waals surface area (Å²) in [5.41, 5.74) is 0.881. The molecule has 1 N–H and O–H groups in total. The van der Waals surface area contributed by atoms with Crippen molar-refractivity contribution >= 4 is 11.8 Å². The first kappa shape index (κ1) is 14.7. The Hall–Kier alpha value is -0.740. The van der Waals surface area contributed by atoms with Crippen LogP contribution in [0, 0.1) is 5.92 Å². The molecule has 19 heavy (non-hydrogen) atoms. The highest BCUT2D eigenvalue weighted by Gasteiger charge is 2.19. The van der Waals surface area contributed by atoms with Crippen molar-refractivity contribution in [2.24, 2.45) is 5.92 Å². The Balaban J connectivity index is 1.91. The number of pyridine rings is 1. The minimum Gasteiger partial charge on any atom is -0.492 e. The van der Waals surface area contributed by atoms with Gasteiger partial charge >= 0.3 is 0 Å². The van der Waals surface area contributed by atoms with Crippen molar-refractivity contribution in [2.75, 3.05) is 18.1 Å². The minimum absolute atomic E-state index is 0.411. The molecule has 2 rings (SSSR count). The van der Waals surface area contributed by atoms with E-state index >= 15 is 0 Å². The Morgan fingerprint density at radius 3 is 2.95 bits per heavy atom. The number of ether oxygens (including phenoxy) is 1. The average Bonchev–Trinajstić information content (AvgIpc) is 2.46. The van der Waals surface area contributed by atoms with Crippen molar-refractivity contribution in [3.8, 4) is 5.75 Å². The van der Waals surface area contributed by atoms with Crippen molar-refractivity contribution < 1.29 is 9.84 Å². The van der Waals surface area contributed by atoms with Gasteiger partial charge in [-0.15, -0.1) is 0 Å².